The molecule has 0 aliphatic carbocycles. The zero-order valence-corrected chi connectivity index (χ0v) is 12.2. The lowest BCUT2D eigenvalue weighted by molar-refractivity contribution is 0.282. The van der Waals surface area contributed by atoms with Gasteiger partial charge in [0.05, 0.1) is 0 Å². The van der Waals surface area contributed by atoms with Crippen molar-refractivity contribution in [3.63, 3.8) is 0 Å². The van der Waals surface area contributed by atoms with Crippen molar-refractivity contribution >= 4 is 0 Å². The first-order valence-corrected chi connectivity index (χ1v) is 7.48. The van der Waals surface area contributed by atoms with E-state index in [2.05, 4.69) is 42.4 Å². The van der Waals surface area contributed by atoms with Gasteiger partial charge in [0, 0.05) is 19.4 Å². The fourth-order valence-electron chi connectivity index (χ4n) is 1.59. The van der Waals surface area contributed by atoms with E-state index in [1.807, 2.05) is 0 Å². The molecule has 104 valence electrons. The summed E-state index contributed by atoms with van der Waals surface area (Å²) in [5.74, 6) is 17.3. The van der Waals surface area contributed by atoms with Crippen LogP contribution in [-0.4, -0.2) is 11.7 Å². The summed E-state index contributed by atoms with van der Waals surface area (Å²) in [7, 11) is 0. The zero-order valence-electron chi connectivity index (χ0n) is 12.2. The molecule has 0 unspecified atom stereocenters. The van der Waals surface area contributed by atoms with E-state index < -0.39 is 0 Å². The molecule has 0 rings (SSSR count). The Labute approximate surface area is 119 Å². The topological polar surface area (TPSA) is 20.2 Å². The van der Waals surface area contributed by atoms with Gasteiger partial charge in [0.15, 0.2) is 0 Å². The molecule has 0 aromatic heterocycles. The average Bonchev–Trinajstić information content (AvgIpc) is 2.43. The number of aliphatic hydroxyl groups is 1. The van der Waals surface area contributed by atoms with E-state index in [0.29, 0.717) is 6.61 Å². The van der Waals surface area contributed by atoms with Gasteiger partial charge in [-0.3, -0.25) is 0 Å². The first kappa shape index (κ1) is 17.6. The minimum absolute atomic E-state index is 0.314. The van der Waals surface area contributed by atoms with Gasteiger partial charge in [0.1, 0.15) is 0 Å². The second-order valence-electron chi connectivity index (χ2n) is 4.55. The standard InChI is InChI=1S/C18H26O/c1-2-3-4-5-6-7-8-9-10-11-12-13-14-15-16-17-18-19/h19H,2-5,12-18H2,1H3. The summed E-state index contributed by atoms with van der Waals surface area (Å²) >= 11 is 0. The number of hydrogen-bond acceptors (Lipinski definition) is 1. The Kier molecular flexibility index (Phi) is 15.4. The quantitative estimate of drug-likeness (QED) is 0.491. The fraction of sp³-hybridized carbons (Fsp3) is 0.667. The predicted molar refractivity (Wildman–Crippen MR) is 82.3 cm³/mol. The molecule has 1 N–H and O–H groups in total. The molecule has 0 spiro atoms. The van der Waals surface area contributed by atoms with E-state index in [1.54, 1.807) is 0 Å². The van der Waals surface area contributed by atoms with Crippen LogP contribution in [0.2, 0.25) is 0 Å². The van der Waals surface area contributed by atoms with Gasteiger partial charge in [0.2, 0.25) is 0 Å². The normalized spacial score (nSPS) is 8.53. The maximum Gasteiger partial charge on any atom is 0.0431 e. The van der Waals surface area contributed by atoms with Crippen LogP contribution in [0.4, 0.5) is 0 Å². The van der Waals surface area contributed by atoms with Crippen molar-refractivity contribution < 1.29 is 5.11 Å². The Morgan fingerprint density at radius 1 is 0.632 bits per heavy atom. The molecule has 0 saturated carbocycles. The first-order chi connectivity index (χ1) is 9.41. The van der Waals surface area contributed by atoms with Crippen molar-refractivity contribution in [2.45, 2.75) is 71.1 Å². The Bertz CT molecular complexity index is 362. The van der Waals surface area contributed by atoms with Gasteiger partial charge in [-0.2, -0.15) is 0 Å². The summed E-state index contributed by atoms with van der Waals surface area (Å²) < 4.78 is 0. The van der Waals surface area contributed by atoms with Crippen molar-refractivity contribution in [3.05, 3.63) is 0 Å². The van der Waals surface area contributed by atoms with Crippen molar-refractivity contribution in [2.75, 3.05) is 6.61 Å². The predicted octanol–water partition coefficient (Wildman–Crippen LogP) is 3.91. The largest absolute Gasteiger partial charge is 0.396 e. The summed E-state index contributed by atoms with van der Waals surface area (Å²) in [4.78, 5) is 0. The number of aliphatic hydroxyl groups excluding tert-OH is 1. The second kappa shape index (κ2) is 16.6. The van der Waals surface area contributed by atoms with Crippen LogP contribution in [0.3, 0.4) is 0 Å². The maximum absolute atomic E-state index is 8.62. The summed E-state index contributed by atoms with van der Waals surface area (Å²) in [5.41, 5.74) is 0. The van der Waals surface area contributed by atoms with E-state index in [9.17, 15) is 0 Å². The molecule has 0 saturated heterocycles. The molecular formula is C18H26O. The minimum atomic E-state index is 0.314. The van der Waals surface area contributed by atoms with Crippen LogP contribution in [0.5, 0.6) is 0 Å². The zero-order chi connectivity index (χ0) is 14.0. The van der Waals surface area contributed by atoms with Gasteiger partial charge in [-0.15, -0.1) is 0 Å². The highest BCUT2D eigenvalue weighted by Gasteiger charge is 1.87. The van der Waals surface area contributed by atoms with Crippen LogP contribution in [0, 0.1) is 35.5 Å². The molecule has 0 fully saturated rings. The van der Waals surface area contributed by atoms with Crippen LogP contribution in [0.1, 0.15) is 71.1 Å². The Balaban J connectivity index is 3.43. The SMILES string of the molecule is CCCCCC#CC#CC#CCCCCCCCO. The molecule has 0 amide bonds. The lowest BCUT2D eigenvalue weighted by Crippen LogP contribution is -1.83. The molecule has 0 radical (unpaired) electrons. The summed E-state index contributed by atoms with van der Waals surface area (Å²) in [6.07, 6.45) is 11.1. The number of unbranched alkanes of at least 4 members (excludes halogenated alkanes) is 8. The van der Waals surface area contributed by atoms with Gasteiger partial charge in [-0.05, 0) is 42.9 Å². The summed E-state index contributed by atoms with van der Waals surface area (Å²) in [6.45, 7) is 2.50. The lowest BCUT2D eigenvalue weighted by atomic mass is 10.1. The van der Waals surface area contributed by atoms with Crippen LogP contribution in [0.25, 0.3) is 0 Å². The maximum atomic E-state index is 8.62. The molecule has 0 aliphatic rings. The highest BCUT2D eigenvalue weighted by atomic mass is 16.2. The molecule has 0 bridgehead atoms. The monoisotopic (exact) mass is 258 g/mol. The van der Waals surface area contributed by atoms with Gasteiger partial charge < -0.3 is 5.11 Å². The van der Waals surface area contributed by atoms with Crippen LogP contribution in [-0.2, 0) is 0 Å². The van der Waals surface area contributed by atoms with Crippen LogP contribution in [0.15, 0.2) is 0 Å². The Morgan fingerprint density at radius 2 is 1.16 bits per heavy atom. The molecule has 0 atom stereocenters. The van der Waals surface area contributed by atoms with Crippen molar-refractivity contribution in [1.82, 2.24) is 0 Å². The van der Waals surface area contributed by atoms with E-state index in [4.69, 9.17) is 5.11 Å². The third-order valence-electron chi connectivity index (χ3n) is 2.73. The van der Waals surface area contributed by atoms with Crippen LogP contribution >= 0.6 is 0 Å². The summed E-state index contributed by atoms with van der Waals surface area (Å²) in [5, 5.41) is 8.62. The first-order valence-electron chi connectivity index (χ1n) is 7.48. The molecular weight excluding hydrogens is 232 g/mol. The molecule has 1 nitrogen and oxygen atoms in total. The number of hydrogen-bond donors (Lipinski definition) is 1. The van der Waals surface area contributed by atoms with E-state index in [0.717, 1.165) is 32.1 Å². The van der Waals surface area contributed by atoms with Crippen molar-refractivity contribution in [3.8, 4) is 35.5 Å². The van der Waals surface area contributed by atoms with Crippen LogP contribution < -0.4 is 0 Å². The van der Waals surface area contributed by atoms with Crippen molar-refractivity contribution in [1.29, 1.82) is 0 Å². The molecule has 0 aromatic carbocycles. The highest BCUT2D eigenvalue weighted by Crippen LogP contribution is 2.03. The van der Waals surface area contributed by atoms with Gasteiger partial charge in [-0.1, -0.05) is 50.9 Å². The lowest BCUT2D eigenvalue weighted by Gasteiger charge is -1.95. The third kappa shape index (κ3) is 16.6. The molecule has 0 heterocycles. The smallest absolute Gasteiger partial charge is 0.0431 e. The van der Waals surface area contributed by atoms with Crippen molar-refractivity contribution in [2.24, 2.45) is 0 Å². The Morgan fingerprint density at radius 3 is 1.74 bits per heavy atom. The molecule has 0 aromatic rings. The number of rotatable bonds is 9. The van der Waals surface area contributed by atoms with Gasteiger partial charge in [-0.25, -0.2) is 0 Å². The minimum Gasteiger partial charge on any atom is -0.396 e. The Hall–Kier alpha value is -1.36. The van der Waals surface area contributed by atoms with Gasteiger partial charge in [0.25, 0.3) is 0 Å². The third-order valence-corrected chi connectivity index (χ3v) is 2.73. The van der Waals surface area contributed by atoms with Gasteiger partial charge >= 0.3 is 0 Å². The average molecular weight is 258 g/mol. The molecule has 0 aliphatic heterocycles. The summed E-state index contributed by atoms with van der Waals surface area (Å²) in [6, 6.07) is 0. The van der Waals surface area contributed by atoms with E-state index >= 15 is 0 Å². The molecule has 19 heavy (non-hydrogen) atoms. The molecule has 1 heteroatoms. The highest BCUT2D eigenvalue weighted by molar-refractivity contribution is 5.35. The van der Waals surface area contributed by atoms with E-state index in [1.165, 1.54) is 32.1 Å². The second-order valence-corrected chi connectivity index (χ2v) is 4.55. The van der Waals surface area contributed by atoms with E-state index in [-0.39, 0.29) is 0 Å². The fourth-order valence-corrected chi connectivity index (χ4v) is 1.59.